The molecular formula is C15H16S3. The topological polar surface area (TPSA) is 0 Å². The summed E-state index contributed by atoms with van der Waals surface area (Å²) < 4.78 is 0. The zero-order valence-electron chi connectivity index (χ0n) is 10.8. The quantitative estimate of drug-likeness (QED) is 0.674. The fourth-order valence-electron chi connectivity index (χ4n) is 1.63. The van der Waals surface area contributed by atoms with Gasteiger partial charge < -0.3 is 0 Å². The molecule has 2 aromatic carbocycles. The van der Waals surface area contributed by atoms with Gasteiger partial charge in [0.15, 0.2) is 0 Å². The average molecular weight is 292 g/mol. The molecule has 0 aliphatic rings. The summed E-state index contributed by atoms with van der Waals surface area (Å²) in [5, 5.41) is 0. The van der Waals surface area contributed by atoms with E-state index in [4.69, 9.17) is 0 Å². The van der Waals surface area contributed by atoms with Crippen LogP contribution < -0.4 is 0 Å². The lowest BCUT2D eigenvalue weighted by molar-refractivity contribution is 1.21. The number of aryl methyl sites for hydroxylation is 1. The van der Waals surface area contributed by atoms with E-state index in [2.05, 4.69) is 61.9 Å². The van der Waals surface area contributed by atoms with E-state index >= 15 is 0 Å². The summed E-state index contributed by atoms with van der Waals surface area (Å²) in [6.07, 6.45) is 4.24. The Balaban J connectivity index is 2.24. The third-order valence-corrected chi connectivity index (χ3v) is 5.34. The molecule has 0 radical (unpaired) electrons. The van der Waals surface area contributed by atoms with Crippen LogP contribution in [0.1, 0.15) is 5.56 Å². The second-order valence-corrected chi connectivity index (χ2v) is 6.77. The van der Waals surface area contributed by atoms with Gasteiger partial charge in [0.25, 0.3) is 0 Å². The Morgan fingerprint density at radius 3 is 2.00 bits per heavy atom. The van der Waals surface area contributed by atoms with Crippen LogP contribution in [0.5, 0.6) is 0 Å². The molecule has 0 aromatic heterocycles. The Hall–Kier alpha value is -0.510. The van der Waals surface area contributed by atoms with Gasteiger partial charge in [-0.3, -0.25) is 0 Å². The fourth-order valence-corrected chi connectivity index (χ4v) is 3.82. The Labute approximate surface area is 122 Å². The van der Waals surface area contributed by atoms with Crippen LogP contribution in [0.4, 0.5) is 0 Å². The van der Waals surface area contributed by atoms with Crippen molar-refractivity contribution >= 4 is 35.3 Å². The Kier molecular flexibility index (Phi) is 5.10. The van der Waals surface area contributed by atoms with Gasteiger partial charge in [0, 0.05) is 19.6 Å². The molecule has 94 valence electrons. The second kappa shape index (κ2) is 6.60. The molecule has 2 aromatic rings. The van der Waals surface area contributed by atoms with E-state index in [-0.39, 0.29) is 0 Å². The van der Waals surface area contributed by atoms with Crippen molar-refractivity contribution in [3.8, 4) is 0 Å². The Morgan fingerprint density at radius 2 is 1.39 bits per heavy atom. The highest BCUT2D eigenvalue weighted by Crippen LogP contribution is 2.35. The van der Waals surface area contributed by atoms with Gasteiger partial charge >= 0.3 is 0 Å². The van der Waals surface area contributed by atoms with E-state index in [0.717, 1.165) is 0 Å². The maximum atomic E-state index is 2.26. The van der Waals surface area contributed by atoms with E-state index in [1.165, 1.54) is 25.1 Å². The van der Waals surface area contributed by atoms with Gasteiger partial charge in [-0.15, -0.1) is 23.5 Å². The normalized spacial score (nSPS) is 10.6. The summed E-state index contributed by atoms with van der Waals surface area (Å²) >= 11 is 5.43. The van der Waals surface area contributed by atoms with Crippen molar-refractivity contribution in [3.63, 3.8) is 0 Å². The highest BCUT2D eigenvalue weighted by molar-refractivity contribution is 8.02. The van der Waals surface area contributed by atoms with Crippen LogP contribution in [0, 0.1) is 6.92 Å². The predicted molar refractivity (Wildman–Crippen MR) is 85.3 cm³/mol. The molecule has 0 nitrogen and oxygen atoms in total. The molecule has 0 spiro atoms. The van der Waals surface area contributed by atoms with E-state index < -0.39 is 0 Å². The number of thioether (sulfide) groups is 2. The molecule has 0 saturated carbocycles. The van der Waals surface area contributed by atoms with Gasteiger partial charge in [0.05, 0.1) is 0 Å². The number of hydrogen-bond acceptors (Lipinski definition) is 3. The first-order chi connectivity index (χ1) is 8.72. The van der Waals surface area contributed by atoms with Crippen LogP contribution in [-0.4, -0.2) is 12.5 Å². The van der Waals surface area contributed by atoms with Crippen molar-refractivity contribution in [2.75, 3.05) is 12.5 Å². The number of rotatable bonds is 4. The molecule has 3 heteroatoms. The number of benzene rings is 2. The molecule has 0 N–H and O–H groups in total. The highest BCUT2D eigenvalue weighted by atomic mass is 32.2. The summed E-state index contributed by atoms with van der Waals surface area (Å²) in [6.45, 7) is 2.14. The molecule has 0 fully saturated rings. The average Bonchev–Trinajstić information content (AvgIpc) is 2.40. The molecule has 0 aliphatic carbocycles. The molecule has 2 rings (SSSR count). The first-order valence-corrected chi connectivity index (χ1v) is 8.96. The predicted octanol–water partition coefficient (Wildman–Crippen LogP) is 5.59. The van der Waals surface area contributed by atoms with Gasteiger partial charge in [-0.1, -0.05) is 17.8 Å². The monoisotopic (exact) mass is 292 g/mol. The van der Waals surface area contributed by atoms with E-state index in [1.807, 2.05) is 11.8 Å². The molecular weight excluding hydrogens is 276 g/mol. The van der Waals surface area contributed by atoms with Crippen LogP contribution >= 0.6 is 35.3 Å². The van der Waals surface area contributed by atoms with Crippen LogP contribution in [0.25, 0.3) is 0 Å². The smallest absolute Gasteiger partial charge is 0.0260 e. The van der Waals surface area contributed by atoms with Crippen LogP contribution in [0.2, 0.25) is 0 Å². The third kappa shape index (κ3) is 3.50. The lowest BCUT2D eigenvalue weighted by atomic mass is 10.2. The summed E-state index contributed by atoms with van der Waals surface area (Å²) in [5.74, 6) is 0. The van der Waals surface area contributed by atoms with Crippen molar-refractivity contribution in [2.24, 2.45) is 0 Å². The number of hydrogen-bond donors (Lipinski definition) is 0. The van der Waals surface area contributed by atoms with Gasteiger partial charge in [0.2, 0.25) is 0 Å². The molecule has 0 saturated heterocycles. The molecule has 0 atom stereocenters. The Bertz CT molecular complexity index is 518. The molecule has 0 aliphatic heterocycles. The fraction of sp³-hybridized carbons (Fsp3) is 0.200. The zero-order chi connectivity index (χ0) is 13.0. The minimum Gasteiger partial charge on any atom is -0.130 e. The lowest BCUT2D eigenvalue weighted by Crippen LogP contribution is -1.81. The first kappa shape index (κ1) is 13.9. The minimum absolute atomic E-state index is 1.30. The van der Waals surface area contributed by atoms with Gasteiger partial charge in [-0.05, 0) is 61.4 Å². The van der Waals surface area contributed by atoms with Crippen molar-refractivity contribution in [1.82, 2.24) is 0 Å². The largest absolute Gasteiger partial charge is 0.130 e. The molecule has 0 unspecified atom stereocenters. The van der Waals surface area contributed by atoms with Gasteiger partial charge in [-0.25, -0.2) is 0 Å². The summed E-state index contributed by atoms with van der Waals surface area (Å²) in [7, 11) is 0. The molecule has 0 amide bonds. The minimum atomic E-state index is 1.30. The summed E-state index contributed by atoms with van der Waals surface area (Å²) in [5.41, 5.74) is 1.32. The summed E-state index contributed by atoms with van der Waals surface area (Å²) in [6, 6.07) is 15.4. The van der Waals surface area contributed by atoms with Crippen molar-refractivity contribution < 1.29 is 0 Å². The highest BCUT2D eigenvalue weighted by Gasteiger charge is 2.04. The van der Waals surface area contributed by atoms with E-state index in [1.54, 1.807) is 23.5 Å². The van der Waals surface area contributed by atoms with Crippen molar-refractivity contribution in [1.29, 1.82) is 0 Å². The van der Waals surface area contributed by atoms with E-state index in [9.17, 15) is 0 Å². The van der Waals surface area contributed by atoms with Crippen molar-refractivity contribution in [3.05, 3.63) is 48.0 Å². The summed E-state index contributed by atoms with van der Waals surface area (Å²) in [4.78, 5) is 5.31. The molecule has 0 bridgehead atoms. The third-order valence-electron chi connectivity index (χ3n) is 2.61. The van der Waals surface area contributed by atoms with Crippen molar-refractivity contribution in [2.45, 2.75) is 26.5 Å². The van der Waals surface area contributed by atoms with Crippen LogP contribution in [0.3, 0.4) is 0 Å². The van der Waals surface area contributed by atoms with Crippen LogP contribution in [-0.2, 0) is 0 Å². The second-order valence-electron chi connectivity index (χ2n) is 3.93. The lowest BCUT2D eigenvalue weighted by Gasteiger charge is -2.08. The van der Waals surface area contributed by atoms with Gasteiger partial charge in [-0.2, -0.15) is 0 Å². The van der Waals surface area contributed by atoms with Crippen LogP contribution in [0.15, 0.2) is 62.0 Å². The van der Waals surface area contributed by atoms with E-state index in [0.29, 0.717) is 0 Å². The Morgan fingerprint density at radius 1 is 0.722 bits per heavy atom. The maximum absolute atomic E-state index is 2.26. The first-order valence-electron chi connectivity index (χ1n) is 5.69. The maximum Gasteiger partial charge on any atom is 0.0260 e. The molecule has 18 heavy (non-hydrogen) atoms. The SMILES string of the molecule is CSc1ccc(Sc2cc(C)ccc2SC)cc1. The van der Waals surface area contributed by atoms with Gasteiger partial charge in [0.1, 0.15) is 0 Å². The standard InChI is InChI=1S/C15H16S3/c1-11-4-9-14(17-3)15(10-11)18-13-7-5-12(16-2)6-8-13/h4-10H,1-3H3. The zero-order valence-corrected chi connectivity index (χ0v) is 13.2. The molecule has 0 heterocycles.